The zero-order chi connectivity index (χ0) is 24.0. The Kier molecular flexibility index (Phi) is 8.14. The van der Waals surface area contributed by atoms with Crippen LogP contribution in [0.15, 0.2) is 117 Å². The Hall–Kier alpha value is -2.86. The van der Waals surface area contributed by atoms with Gasteiger partial charge in [0.15, 0.2) is 14.7 Å². The molecule has 0 N–H and O–H groups in total. The van der Waals surface area contributed by atoms with E-state index in [-0.39, 0.29) is 15.8 Å². The standard InChI is InChI=1S/C21H21S.C7H8O3S/c1-16-10-4-7-13-19(16)22(20-14-8-5-11-17(20)2)21-15-9-6-12-18(21)3;1-6-2-4-7(5-3-6)11(8,9)10/h4-15H,1-3H3;2-5H,1H3,(H,8,9,10)/q+1;/p-1. The Balaban J connectivity index is 0.000000235. The first-order valence-electron chi connectivity index (χ1n) is 10.6. The molecule has 170 valence electrons. The van der Waals surface area contributed by atoms with E-state index >= 15 is 0 Å². The molecule has 0 aliphatic rings. The summed E-state index contributed by atoms with van der Waals surface area (Å²) in [5.74, 6) is 0. The molecule has 0 amide bonds. The molecule has 0 saturated carbocycles. The van der Waals surface area contributed by atoms with Gasteiger partial charge in [0.05, 0.1) is 4.90 Å². The van der Waals surface area contributed by atoms with Crippen LogP contribution < -0.4 is 0 Å². The Morgan fingerprint density at radius 3 is 1.18 bits per heavy atom. The van der Waals surface area contributed by atoms with Crippen LogP contribution in [0.5, 0.6) is 0 Å². The summed E-state index contributed by atoms with van der Waals surface area (Å²) >= 11 is 0. The van der Waals surface area contributed by atoms with Gasteiger partial charge in [-0.05, 0) is 58.0 Å². The Morgan fingerprint density at radius 1 is 0.545 bits per heavy atom. The number of benzene rings is 4. The van der Waals surface area contributed by atoms with Crippen molar-refractivity contribution >= 4 is 21.0 Å². The fourth-order valence-electron chi connectivity index (χ4n) is 3.42. The molecule has 33 heavy (non-hydrogen) atoms. The average Bonchev–Trinajstić information content (AvgIpc) is 2.78. The van der Waals surface area contributed by atoms with Gasteiger partial charge in [-0.25, -0.2) is 8.42 Å². The lowest BCUT2D eigenvalue weighted by Crippen LogP contribution is -2.09. The van der Waals surface area contributed by atoms with Crippen molar-refractivity contribution in [3.63, 3.8) is 0 Å². The first kappa shape index (κ1) is 24.8. The molecule has 0 heterocycles. The summed E-state index contributed by atoms with van der Waals surface area (Å²) in [5, 5.41) is 0. The van der Waals surface area contributed by atoms with Crippen LogP contribution in [-0.2, 0) is 21.0 Å². The van der Waals surface area contributed by atoms with Gasteiger partial charge >= 0.3 is 0 Å². The molecule has 0 aliphatic heterocycles. The highest BCUT2D eigenvalue weighted by Crippen LogP contribution is 2.36. The average molecular weight is 477 g/mol. The Bertz CT molecular complexity index is 1220. The summed E-state index contributed by atoms with van der Waals surface area (Å²) in [7, 11) is -4.32. The number of rotatable bonds is 4. The van der Waals surface area contributed by atoms with E-state index in [0.717, 1.165) is 5.56 Å². The zero-order valence-electron chi connectivity index (χ0n) is 19.3. The van der Waals surface area contributed by atoms with Gasteiger partial charge in [-0.1, -0.05) is 72.3 Å². The molecule has 0 unspecified atom stereocenters. The van der Waals surface area contributed by atoms with E-state index in [9.17, 15) is 13.0 Å². The maximum atomic E-state index is 10.4. The topological polar surface area (TPSA) is 57.2 Å². The second-order valence-corrected chi connectivity index (χ2v) is 11.2. The van der Waals surface area contributed by atoms with Crippen LogP contribution in [0.3, 0.4) is 0 Å². The summed E-state index contributed by atoms with van der Waals surface area (Å²) in [4.78, 5) is 4.09. The first-order valence-corrected chi connectivity index (χ1v) is 13.3. The summed E-state index contributed by atoms with van der Waals surface area (Å²) in [6.07, 6.45) is 0. The molecular formula is C28H28O3S2. The van der Waals surface area contributed by atoms with Crippen molar-refractivity contribution in [2.75, 3.05) is 0 Å². The van der Waals surface area contributed by atoms with Crippen LogP contribution in [-0.4, -0.2) is 13.0 Å². The normalized spacial score (nSPS) is 11.1. The second kappa shape index (κ2) is 10.8. The van der Waals surface area contributed by atoms with Crippen LogP contribution >= 0.6 is 0 Å². The Labute approximate surface area is 200 Å². The van der Waals surface area contributed by atoms with Crippen molar-refractivity contribution in [3.8, 4) is 0 Å². The maximum Gasteiger partial charge on any atom is 0.169 e. The third kappa shape index (κ3) is 6.35. The quantitative estimate of drug-likeness (QED) is 0.246. The lowest BCUT2D eigenvalue weighted by molar-refractivity contribution is 0.463. The summed E-state index contributed by atoms with van der Waals surface area (Å²) in [6, 6.07) is 32.1. The van der Waals surface area contributed by atoms with Gasteiger partial charge in [-0.3, -0.25) is 0 Å². The molecule has 3 nitrogen and oxygen atoms in total. The van der Waals surface area contributed by atoms with Crippen LogP contribution in [0.1, 0.15) is 22.3 Å². The van der Waals surface area contributed by atoms with Gasteiger partial charge in [0.1, 0.15) is 21.0 Å². The minimum atomic E-state index is -4.27. The second-order valence-electron chi connectivity index (χ2n) is 7.87. The highest BCUT2D eigenvalue weighted by molar-refractivity contribution is 7.97. The van der Waals surface area contributed by atoms with Gasteiger partial charge in [-0.15, -0.1) is 0 Å². The molecule has 0 saturated heterocycles. The molecule has 4 aromatic carbocycles. The lowest BCUT2D eigenvalue weighted by atomic mass is 10.2. The molecule has 0 radical (unpaired) electrons. The van der Waals surface area contributed by atoms with E-state index in [4.69, 9.17) is 0 Å². The van der Waals surface area contributed by atoms with Gasteiger partial charge in [0.2, 0.25) is 0 Å². The fraction of sp³-hybridized carbons (Fsp3) is 0.143. The van der Waals surface area contributed by atoms with Crippen molar-refractivity contribution in [1.82, 2.24) is 0 Å². The zero-order valence-corrected chi connectivity index (χ0v) is 20.9. The van der Waals surface area contributed by atoms with Crippen molar-refractivity contribution < 1.29 is 13.0 Å². The van der Waals surface area contributed by atoms with E-state index in [1.807, 2.05) is 6.92 Å². The molecule has 0 aliphatic carbocycles. The van der Waals surface area contributed by atoms with Gasteiger partial charge in [0.25, 0.3) is 0 Å². The van der Waals surface area contributed by atoms with Gasteiger partial charge in [-0.2, -0.15) is 0 Å². The van der Waals surface area contributed by atoms with Crippen molar-refractivity contribution in [2.24, 2.45) is 0 Å². The number of aryl methyl sites for hydroxylation is 4. The summed E-state index contributed by atoms with van der Waals surface area (Å²) in [6.45, 7) is 8.46. The van der Waals surface area contributed by atoms with Gasteiger partial charge in [0, 0.05) is 16.7 Å². The summed E-state index contributed by atoms with van der Waals surface area (Å²) in [5.41, 5.74) is 5.00. The molecule has 0 spiro atoms. The summed E-state index contributed by atoms with van der Waals surface area (Å²) < 4.78 is 31.2. The molecule has 4 rings (SSSR count). The SMILES string of the molecule is Cc1ccc(S(=O)(=O)[O-])cc1.Cc1ccccc1[S+](c1ccccc1C)c1ccccc1C. The Morgan fingerprint density at radius 2 is 0.879 bits per heavy atom. The highest BCUT2D eigenvalue weighted by Gasteiger charge is 2.32. The maximum absolute atomic E-state index is 10.4. The van der Waals surface area contributed by atoms with Crippen LogP contribution in [0.4, 0.5) is 0 Å². The number of hydrogen-bond donors (Lipinski definition) is 0. The predicted octanol–water partition coefficient (Wildman–Crippen LogP) is 6.61. The molecule has 0 aromatic heterocycles. The van der Waals surface area contributed by atoms with E-state index < -0.39 is 10.1 Å². The molecule has 4 aromatic rings. The minimum Gasteiger partial charge on any atom is -0.744 e. The van der Waals surface area contributed by atoms with Crippen molar-refractivity contribution in [3.05, 3.63) is 119 Å². The van der Waals surface area contributed by atoms with Crippen LogP contribution in [0, 0.1) is 27.7 Å². The molecule has 0 fully saturated rings. The number of hydrogen-bond acceptors (Lipinski definition) is 3. The van der Waals surface area contributed by atoms with E-state index in [2.05, 4.69) is 93.6 Å². The molecule has 5 heteroatoms. The van der Waals surface area contributed by atoms with Gasteiger partial charge < -0.3 is 4.55 Å². The van der Waals surface area contributed by atoms with Crippen molar-refractivity contribution in [2.45, 2.75) is 47.3 Å². The fourth-order valence-corrected chi connectivity index (χ4v) is 6.41. The van der Waals surface area contributed by atoms with Crippen LogP contribution in [0.2, 0.25) is 0 Å². The van der Waals surface area contributed by atoms with E-state index in [1.54, 1.807) is 12.1 Å². The molecular weight excluding hydrogens is 448 g/mol. The first-order chi connectivity index (χ1) is 15.7. The van der Waals surface area contributed by atoms with E-state index in [1.165, 1.54) is 43.5 Å². The molecule has 0 bridgehead atoms. The lowest BCUT2D eigenvalue weighted by Gasteiger charge is -2.13. The largest absolute Gasteiger partial charge is 0.744 e. The third-order valence-electron chi connectivity index (χ3n) is 5.25. The highest BCUT2D eigenvalue weighted by atomic mass is 32.2. The third-order valence-corrected chi connectivity index (χ3v) is 8.79. The van der Waals surface area contributed by atoms with Crippen molar-refractivity contribution in [1.29, 1.82) is 0 Å². The monoisotopic (exact) mass is 476 g/mol. The smallest absolute Gasteiger partial charge is 0.169 e. The predicted molar refractivity (Wildman–Crippen MR) is 135 cm³/mol. The van der Waals surface area contributed by atoms with Crippen LogP contribution in [0.25, 0.3) is 0 Å². The molecule has 0 atom stereocenters. The van der Waals surface area contributed by atoms with E-state index in [0.29, 0.717) is 0 Å². The minimum absolute atomic E-state index is 0.0494.